The van der Waals surface area contributed by atoms with E-state index in [1.165, 1.54) is 38.5 Å². The van der Waals surface area contributed by atoms with E-state index in [9.17, 15) is 0 Å². The molecule has 2 saturated carbocycles. The van der Waals surface area contributed by atoms with Crippen LogP contribution in [0.4, 0.5) is 0 Å². The molecular weight excluding hydrogens is 136 g/mol. The zero-order valence-electron chi connectivity index (χ0n) is 7.01. The summed E-state index contributed by atoms with van der Waals surface area (Å²) in [7, 11) is 0. The number of hydrogen-bond donors (Lipinski definition) is 0. The summed E-state index contributed by atoms with van der Waals surface area (Å²) in [5, 5.41) is 0. The molecule has 3 aliphatic rings. The van der Waals surface area contributed by atoms with Gasteiger partial charge in [0.05, 0.1) is 12.7 Å². The predicted molar refractivity (Wildman–Crippen MR) is 43.4 cm³/mol. The highest BCUT2D eigenvalue weighted by molar-refractivity contribution is 5.04. The summed E-state index contributed by atoms with van der Waals surface area (Å²) in [5.41, 5.74) is 0.805. The van der Waals surface area contributed by atoms with Gasteiger partial charge in [-0.15, -0.1) is 0 Å². The second-order valence-corrected chi connectivity index (χ2v) is 4.59. The summed E-state index contributed by atoms with van der Waals surface area (Å²) in [6.07, 6.45) is 9.64. The van der Waals surface area contributed by atoms with Gasteiger partial charge >= 0.3 is 0 Å². The number of epoxide rings is 1. The van der Waals surface area contributed by atoms with Crippen LogP contribution in [0.2, 0.25) is 0 Å². The first-order valence-electron chi connectivity index (χ1n) is 5.02. The first-order valence-corrected chi connectivity index (χ1v) is 5.02. The Bertz CT molecular complexity index is 168. The van der Waals surface area contributed by atoms with Gasteiger partial charge in [-0.25, -0.2) is 0 Å². The number of ether oxygens (including phenoxy) is 1. The summed E-state index contributed by atoms with van der Waals surface area (Å²) in [5.74, 6) is 0.969. The number of hydrogen-bond acceptors (Lipinski definition) is 1. The van der Waals surface area contributed by atoms with E-state index in [2.05, 4.69) is 0 Å². The third kappa shape index (κ3) is 0.936. The zero-order valence-corrected chi connectivity index (χ0v) is 7.01. The fourth-order valence-corrected chi connectivity index (χ4v) is 2.98. The molecule has 1 aliphatic heterocycles. The number of rotatable bonds is 1. The molecule has 0 aromatic rings. The van der Waals surface area contributed by atoms with Crippen LogP contribution in [0.5, 0.6) is 0 Å². The first kappa shape index (κ1) is 6.47. The van der Waals surface area contributed by atoms with Crippen LogP contribution < -0.4 is 0 Å². The van der Waals surface area contributed by atoms with Crippen molar-refractivity contribution in [2.75, 3.05) is 6.61 Å². The first-order chi connectivity index (χ1) is 5.41. The largest absolute Gasteiger partial charge is 0.373 e. The monoisotopic (exact) mass is 152 g/mol. The van der Waals surface area contributed by atoms with Crippen LogP contribution in [0.3, 0.4) is 0 Å². The van der Waals surface area contributed by atoms with Gasteiger partial charge in [0.25, 0.3) is 0 Å². The molecule has 0 amide bonds. The molecule has 62 valence electrons. The minimum Gasteiger partial charge on any atom is -0.373 e. The van der Waals surface area contributed by atoms with Crippen molar-refractivity contribution in [1.29, 1.82) is 0 Å². The fourth-order valence-electron chi connectivity index (χ4n) is 2.98. The van der Waals surface area contributed by atoms with Gasteiger partial charge in [-0.05, 0) is 37.0 Å². The van der Waals surface area contributed by atoms with Crippen LogP contribution in [0.25, 0.3) is 0 Å². The van der Waals surface area contributed by atoms with Crippen molar-refractivity contribution in [2.45, 2.75) is 44.6 Å². The summed E-state index contributed by atoms with van der Waals surface area (Å²) in [6.45, 7) is 1.08. The fraction of sp³-hybridized carbons (Fsp3) is 1.00. The molecule has 0 radical (unpaired) electrons. The normalized spacial score (nSPS) is 45.8. The van der Waals surface area contributed by atoms with Crippen LogP contribution in [-0.4, -0.2) is 12.7 Å². The molecule has 1 nitrogen and oxygen atoms in total. The standard InChI is InChI=1S/C10H16O/c1-2-4-10(5-6-10)8(3-1)9-7-11-9/h8-9H,1-7H2. The van der Waals surface area contributed by atoms with Crippen molar-refractivity contribution in [2.24, 2.45) is 11.3 Å². The van der Waals surface area contributed by atoms with E-state index in [4.69, 9.17) is 4.74 Å². The SMILES string of the molecule is C1CCC2(CC2)C(C2CO2)C1. The Labute approximate surface area is 68.1 Å². The van der Waals surface area contributed by atoms with E-state index in [1.54, 1.807) is 0 Å². The molecule has 11 heavy (non-hydrogen) atoms. The van der Waals surface area contributed by atoms with Crippen molar-refractivity contribution in [3.8, 4) is 0 Å². The second-order valence-electron chi connectivity index (χ2n) is 4.59. The molecule has 1 heterocycles. The van der Waals surface area contributed by atoms with Gasteiger partial charge < -0.3 is 4.74 Å². The van der Waals surface area contributed by atoms with Gasteiger partial charge in [0.1, 0.15) is 0 Å². The third-order valence-electron chi connectivity index (χ3n) is 3.93. The molecule has 1 heteroatoms. The molecule has 3 rings (SSSR count). The van der Waals surface area contributed by atoms with Crippen LogP contribution in [0, 0.1) is 11.3 Å². The second kappa shape index (κ2) is 2.01. The minimum absolute atomic E-state index is 0.692. The maximum Gasteiger partial charge on any atom is 0.0843 e. The van der Waals surface area contributed by atoms with Gasteiger partial charge in [0, 0.05) is 0 Å². The average Bonchev–Trinajstić information content (AvgIpc) is 2.85. The van der Waals surface area contributed by atoms with Gasteiger partial charge in [0.15, 0.2) is 0 Å². The summed E-state index contributed by atoms with van der Waals surface area (Å²) in [6, 6.07) is 0. The van der Waals surface area contributed by atoms with E-state index in [-0.39, 0.29) is 0 Å². The quantitative estimate of drug-likeness (QED) is 0.525. The van der Waals surface area contributed by atoms with Crippen LogP contribution in [0.15, 0.2) is 0 Å². The Kier molecular flexibility index (Phi) is 1.18. The lowest BCUT2D eigenvalue weighted by Crippen LogP contribution is -2.25. The lowest BCUT2D eigenvalue weighted by Gasteiger charge is -2.30. The zero-order chi connectivity index (χ0) is 7.31. The Morgan fingerprint density at radius 3 is 2.55 bits per heavy atom. The Balaban J connectivity index is 1.77. The predicted octanol–water partition coefficient (Wildman–Crippen LogP) is 2.36. The summed E-state index contributed by atoms with van der Waals surface area (Å²) in [4.78, 5) is 0. The van der Waals surface area contributed by atoms with Crippen molar-refractivity contribution in [3.63, 3.8) is 0 Å². The van der Waals surface area contributed by atoms with Crippen molar-refractivity contribution in [3.05, 3.63) is 0 Å². The van der Waals surface area contributed by atoms with E-state index in [0.29, 0.717) is 6.10 Å². The Morgan fingerprint density at radius 2 is 1.91 bits per heavy atom. The van der Waals surface area contributed by atoms with Gasteiger partial charge in [-0.3, -0.25) is 0 Å². The average molecular weight is 152 g/mol. The molecule has 2 aliphatic carbocycles. The van der Waals surface area contributed by atoms with Gasteiger partial charge in [-0.2, -0.15) is 0 Å². The van der Waals surface area contributed by atoms with Crippen LogP contribution in [-0.2, 0) is 4.74 Å². The van der Waals surface area contributed by atoms with Crippen molar-refractivity contribution >= 4 is 0 Å². The molecule has 2 atom stereocenters. The molecule has 0 N–H and O–H groups in total. The molecule has 0 aromatic heterocycles. The molecular formula is C10H16O. The molecule has 0 aromatic carbocycles. The lowest BCUT2D eigenvalue weighted by molar-refractivity contribution is 0.166. The Morgan fingerprint density at radius 1 is 1.09 bits per heavy atom. The highest BCUT2D eigenvalue weighted by atomic mass is 16.6. The topological polar surface area (TPSA) is 12.5 Å². The van der Waals surface area contributed by atoms with Crippen LogP contribution >= 0.6 is 0 Å². The van der Waals surface area contributed by atoms with E-state index >= 15 is 0 Å². The molecule has 0 bridgehead atoms. The maximum absolute atomic E-state index is 5.42. The third-order valence-corrected chi connectivity index (χ3v) is 3.93. The van der Waals surface area contributed by atoms with Gasteiger partial charge in [-0.1, -0.05) is 12.8 Å². The lowest BCUT2D eigenvalue weighted by atomic mass is 9.75. The molecule has 2 unspecified atom stereocenters. The minimum atomic E-state index is 0.692. The smallest absolute Gasteiger partial charge is 0.0843 e. The van der Waals surface area contributed by atoms with Crippen LogP contribution in [0.1, 0.15) is 38.5 Å². The molecule has 1 saturated heterocycles. The summed E-state index contributed by atoms with van der Waals surface area (Å²) >= 11 is 0. The van der Waals surface area contributed by atoms with Crippen molar-refractivity contribution in [1.82, 2.24) is 0 Å². The summed E-state index contributed by atoms with van der Waals surface area (Å²) < 4.78 is 5.42. The maximum atomic E-state index is 5.42. The van der Waals surface area contributed by atoms with E-state index in [1.807, 2.05) is 0 Å². The van der Waals surface area contributed by atoms with E-state index < -0.39 is 0 Å². The highest BCUT2D eigenvalue weighted by Gasteiger charge is 2.55. The highest BCUT2D eigenvalue weighted by Crippen LogP contribution is 2.62. The Hall–Kier alpha value is -0.0400. The van der Waals surface area contributed by atoms with Gasteiger partial charge in [0.2, 0.25) is 0 Å². The molecule has 1 spiro atoms. The molecule has 3 fully saturated rings. The van der Waals surface area contributed by atoms with E-state index in [0.717, 1.165) is 17.9 Å². The van der Waals surface area contributed by atoms with Crippen molar-refractivity contribution < 1.29 is 4.74 Å².